The highest BCUT2D eigenvalue weighted by atomic mass is 32.2. The number of allylic oxidation sites excluding steroid dienone is 1. The maximum absolute atomic E-state index is 11.7. The van der Waals surface area contributed by atoms with Crippen LogP contribution in [0.3, 0.4) is 0 Å². The highest BCUT2D eigenvalue weighted by Gasteiger charge is 2.15. The van der Waals surface area contributed by atoms with E-state index < -0.39 is 16.1 Å². The summed E-state index contributed by atoms with van der Waals surface area (Å²) in [6.07, 6.45) is -0.0843. The van der Waals surface area contributed by atoms with Crippen molar-refractivity contribution in [2.45, 2.75) is 12.8 Å². The van der Waals surface area contributed by atoms with Gasteiger partial charge in [-0.2, -0.15) is 8.78 Å². The van der Waals surface area contributed by atoms with Crippen molar-refractivity contribution in [1.29, 1.82) is 0 Å². The summed E-state index contributed by atoms with van der Waals surface area (Å²) in [4.78, 5) is 0. The molecule has 0 unspecified atom stereocenters. The van der Waals surface area contributed by atoms with E-state index in [-0.39, 0.29) is 12.2 Å². The molecule has 1 heterocycles. The molecule has 0 N–H and O–H groups in total. The van der Waals surface area contributed by atoms with E-state index in [9.17, 15) is 17.2 Å². The van der Waals surface area contributed by atoms with Crippen molar-refractivity contribution in [3.63, 3.8) is 0 Å². The Morgan fingerprint density at radius 3 is 3.00 bits per heavy atom. The Morgan fingerprint density at radius 2 is 2.31 bits per heavy atom. The standard InChI is InChI=1S/C8H11F2NO2S3/c9-7(10)3-1-4-14-8-11-16(12,13)6-2-5-15-8/h3H,1-2,4-6H2. The van der Waals surface area contributed by atoms with Gasteiger partial charge in [0.2, 0.25) is 0 Å². The summed E-state index contributed by atoms with van der Waals surface area (Å²) in [7, 11) is -3.34. The third-order valence-corrected chi connectivity index (χ3v) is 5.44. The molecule has 0 spiro atoms. The number of sulfonamides is 1. The van der Waals surface area contributed by atoms with Gasteiger partial charge in [0, 0.05) is 11.5 Å². The summed E-state index contributed by atoms with van der Waals surface area (Å²) in [5.41, 5.74) is 0. The molecule has 0 saturated heterocycles. The fraction of sp³-hybridized carbons (Fsp3) is 0.625. The molecule has 1 rings (SSSR count). The predicted octanol–water partition coefficient (Wildman–Crippen LogP) is 2.71. The molecule has 1 aliphatic heterocycles. The minimum absolute atomic E-state index is 0.0725. The summed E-state index contributed by atoms with van der Waals surface area (Å²) >= 11 is 2.58. The average molecular weight is 287 g/mol. The quantitative estimate of drug-likeness (QED) is 0.749. The van der Waals surface area contributed by atoms with E-state index in [0.29, 0.717) is 22.3 Å². The zero-order chi connectivity index (χ0) is 12.0. The summed E-state index contributed by atoms with van der Waals surface area (Å²) in [5, 5.41) is 0. The van der Waals surface area contributed by atoms with Crippen LogP contribution in [0.25, 0.3) is 0 Å². The topological polar surface area (TPSA) is 46.5 Å². The first-order valence-electron chi connectivity index (χ1n) is 4.59. The Morgan fingerprint density at radius 1 is 1.56 bits per heavy atom. The molecule has 0 aliphatic carbocycles. The second-order valence-electron chi connectivity index (χ2n) is 2.98. The highest BCUT2D eigenvalue weighted by molar-refractivity contribution is 8.39. The van der Waals surface area contributed by atoms with Gasteiger partial charge >= 0.3 is 0 Å². The van der Waals surface area contributed by atoms with Crippen LogP contribution >= 0.6 is 23.5 Å². The summed E-state index contributed by atoms with van der Waals surface area (Å²) in [6, 6.07) is 0. The molecular weight excluding hydrogens is 276 g/mol. The van der Waals surface area contributed by atoms with Crippen molar-refractivity contribution in [3.05, 3.63) is 12.2 Å². The first-order chi connectivity index (χ1) is 7.49. The monoisotopic (exact) mass is 287 g/mol. The summed E-state index contributed by atoms with van der Waals surface area (Å²) in [6.45, 7) is 0. The van der Waals surface area contributed by atoms with E-state index in [4.69, 9.17) is 0 Å². The molecule has 0 aromatic rings. The molecule has 8 heteroatoms. The van der Waals surface area contributed by atoms with Crippen LogP contribution in [0.15, 0.2) is 16.6 Å². The molecule has 3 nitrogen and oxygen atoms in total. The molecular formula is C8H11F2NO2S3. The van der Waals surface area contributed by atoms with E-state index in [1.165, 1.54) is 23.5 Å². The van der Waals surface area contributed by atoms with Crippen LogP contribution in [0.1, 0.15) is 12.8 Å². The Balaban J connectivity index is 2.46. The minimum atomic E-state index is -3.34. The normalized spacial score (nSPS) is 19.8. The lowest BCUT2D eigenvalue weighted by atomic mass is 10.5. The van der Waals surface area contributed by atoms with Crippen LogP contribution in [0.2, 0.25) is 0 Å². The number of hydrogen-bond acceptors (Lipinski definition) is 4. The first-order valence-corrected chi connectivity index (χ1v) is 8.17. The van der Waals surface area contributed by atoms with Gasteiger partial charge < -0.3 is 0 Å². The average Bonchev–Trinajstić information content (AvgIpc) is 2.33. The number of rotatable bonds is 3. The SMILES string of the molecule is O=S1(=O)CCCSC(SCCC=C(F)F)=N1. The number of thioether (sulfide) groups is 2. The van der Waals surface area contributed by atoms with E-state index in [2.05, 4.69) is 4.40 Å². The van der Waals surface area contributed by atoms with Gasteiger partial charge in [0.05, 0.1) is 5.75 Å². The lowest BCUT2D eigenvalue weighted by molar-refractivity contribution is 0.418. The molecule has 0 saturated carbocycles. The van der Waals surface area contributed by atoms with Gasteiger partial charge in [-0.15, -0.1) is 4.40 Å². The lowest BCUT2D eigenvalue weighted by Crippen LogP contribution is -2.01. The molecule has 92 valence electrons. The maximum atomic E-state index is 11.7. The maximum Gasteiger partial charge on any atom is 0.266 e. The molecule has 16 heavy (non-hydrogen) atoms. The largest absolute Gasteiger partial charge is 0.266 e. The third-order valence-electron chi connectivity index (χ3n) is 1.63. The smallest absolute Gasteiger partial charge is 0.205 e. The van der Waals surface area contributed by atoms with Gasteiger partial charge in [0.1, 0.15) is 4.38 Å². The second-order valence-corrected chi connectivity index (χ2v) is 7.16. The van der Waals surface area contributed by atoms with Crippen molar-refractivity contribution in [2.24, 2.45) is 4.40 Å². The summed E-state index contributed by atoms with van der Waals surface area (Å²) < 4.78 is 50.1. The van der Waals surface area contributed by atoms with Crippen molar-refractivity contribution >= 4 is 37.9 Å². The summed E-state index contributed by atoms with van der Waals surface area (Å²) in [5.74, 6) is 1.19. The molecule has 0 atom stereocenters. The molecule has 1 aliphatic rings. The van der Waals surface area contributed by atoms with E-state index in [1.807, 2.05) is 0 Å². The first kappa shape index (κ1) is 14.0. The second kappa shape index (κ2) is 6.61. The van der Waals surface area contributed by atoms with Gasteiger partial charge in [-0.1, -0.05) is 23.5 Å². The molecule has 0 amide bonds. The fourth-order valence-corrected chi connectivity index (χ4v) is 4.79. The van der Waals surface area contributed by atoms with Gasteiger partial charge in [0.25, 0.3) is 16.1 Å². The van der Waals surface area contributed by atoms with Crippen LogP contribution < -0.4 is 0 Å². The van der Waals surface area contributed by atoms with E-state index >= 15 is 0 Å². The van der Waals surface area contributed by atoms with Crippen molar-refractivity contribution in [1.82, 2.24) is 0 Å². The van der Waals surface area contributed by atoms with Crippen molar-refractivity contribution in [2.75, 3.05) is 17.3 Å². The Bertz CT molecular complexity index is 388. The van der Waals surface area contributed by atoms with Crippen LogP contribution in [0.4, 0.5) is 8.78 Å². The molecule has 0 aromatic carbocycles. The highest BCUT2D eigenvalue weighted by Crippen LogP contribution is 2.23. The van der Waals surface area contributed by atoms with E-state index in [0.717, 1.165) is 6.08 Å². The number of nitrogens with zero attached hydrogens (tertiary/aromatic N) is 1. The number of hydrogen-bond donors (Lipinski definition) is 0. The van der Waals surface area contributed by atoms with Gasteiger partial charge in [-0.05, 0) is 18.9 Å². The van der Waals surface area contributed by atoms with Gasteiger partial charge in [-0.3, -0.25) is 0 Å². The van der Waals surface area contributed by atoms with Crippen molar-refractivity contribution < 1.29 is 17.2 Å². The van der Waals surface area contributed by atoms with Crippen LogP contribution in [-0.2, 0) is 10.0 Å². The van der Waals surface area contributed by atoms with Gasteiger partial charge in [-0.25, -0.2) is 8.42 Å². The Kier molecular flexibility index (Phi) is 5.77. The predicted molar refractivity (Wildman–Crippen MR) is 65.7 cm³/mol. The minimum Gasteiger partial charge on any atom is -0.205 e. The fourth-order valence-electron chi connectivity index (χ4n) is 0.969. The molecule has 0 bridgehead atoms. The van der Waals surface area contributed by atoms with Crippen LogP contribution in [0.5, 0.6) is 0 Å². The van der Waals surface area contributed by atoms with Crippen LogP contribution in [0, 0.1) is 0 Å². The Labute approximate surface area is 102 Å². The number of halogens is 2. The molecule has 0 aromatic heterocycles. The third kappa shape index (κ3) is 5.86. The zero-order valence-corrected chi connectivity index (χ0v) is 10.8. The van der Waals surface area contributed by atoms with Crippen molar-refractivity contribution in [3.8, 4) is 0 Å². The Hall–Kier alpha value is -0.0800. The van der Waals surface area contributed by atoms with Gasteiger partial charge in [0.15, 0.2) is 0 Å². The van der Waals surface area contributed by atoms with E-state index in [1.54, 1.807) is 0 Å². The molecule has 0 radical (unpaired) electrons. The van der Waals surface area contributed by atoms with Crippen LogP contribution in [-0.4, -0.2) is 30.1 Å². The lowest BCUT2D eigenvalue weighted by Gasteiger charge is -1.99. The molecule has 0 fully saturated rings. The zero-order valence-electron chi connectivity index (χ0n) is 8.36.